The molecule has 2 aromatic rings. The molecule has 148 valence electrons. The molecule has 1 saturated heterocycles. The zero-order chi connectivity index (χ0) is 19.8. The number of hydrogen-bond donors (Lipinski definition) is 2. The van der Waals surface area contributed by atoms with E-state index in [-0.39, 0.29) is 23.9 Å². The van der Waals surface area contributed by atoms with Gasteiger partial charge in [0.05, 0.1) is 12.8 Å². The number of furan rings is 1. The minimum Gasteiger partial charge on any atom is -0.465 e. The fourth-order valence-electron chi connectivity index (χ4n) is 3.47. The van der Waals surface area contributed by atoms with Crippen LogP contribution >= 0.6 is 0 Å². The number of amides is 2. The predicted octanol–water partition coefficient (Wildman–Crippen LogP) is 2.58. The number of nitrogens with one attached hydrogen (secondary N) is 2. The number of hydrogen-bond acceptors (Lipinski definition) is 4. The predicted molar refractivity (Wildman–Crippen MR) is 108 cm³/mol. The lowest BCUT2D eigenvalue weighted by atomic mass is 9.98. The van der Waals surface area contributed by atoms with Crippen LogP contribution in [0.2, 0.25) is 0 Å². The SMILES string of the molecule is CC1(CNC(=O)CNC(=O)C=Cc2ccco2)CCCN1Cc1ccccc1. The van der Waals surface area contributed by atoms with Gasteiger partial charge in [-0.25, -0.2) is 0 Å². The second kappa shape index (κ2) is 9.37. The monoisotopic (exact) mass is 381 g/mol. The van der Waals surface area contributed by atoms with Gasteiger partial charge in [-0.15, -0.1) is 0 Å². The van der Waals surface area contributed by atoms with Crippen molar-refractivity contribution in [1.29, 1.82) is 0 Å². The van der Waals surface area contributed by atoms with Crippen LogP contribution in [0, 0.1) is 0 Å². The third-order valence-electron chi connectivity index (χ3n) is 5.15. The smallest absolute Gasteiger partial charge is 0.244 e. The van der Waals surface area contributed by atoms with Crippen LogP contribution in [-0.2, 0) is 16.1 Å². The minimum atomic E-state index is -0.329. The van der Waals surface area contributed by atoms with Crippen LogP contribution in [0.3, 0.4) is 0 Å². The summed E-state index contributed by atoms with van der Waals surface area (Å²) in [5.74, 6) is 0.0733. The van der Waals surface area contributed by atoms with Crippen LogP contribution in [0.5, 0.6) is 0 Å². The maximum atomic E-state index is 12.2. The second-order valence-corrected chi connectivity index (χ2v) is 7.35. The van der Waals surface area contributed by atoms with Gasteiger partial charge in [0.15, 0.2) is 0 Å². The molecule has 2 N–H and O–H groups in total. The van der Waals surface area contributed by atoms with Crippen LogP contribution in [0.4, 0.5) is 0 Å². The Hall–Kier alpha value is -2.86. The molecule has 1 aromatic carbocycles. The first-order valence-corrected chi connectivity index (χ1v) is 9.60. The molecule has 6 nitrogen and oxygen atoms in total. The molecule has 1 unspecified atom stereocenters. The standard InChI is InChI=1S/C22H27N3O3/c1-22(12-6-13-25(22)16-18-7-3-2-4-8-18)17-24-21(27)15-23-20(26)11-10-19-9-5-14-28-19/h2-5,7-11,14H,6,12-13,15-17H2,1H3,(H,23,26)(H,24,27). The molecule has 28 heavy (non-hydrogen) atoms. The summed E-state index contributed by atoms with van der Waals surface area (Å²) in [5, 5.41) is 5.56. The Labute approximate surface area is 165 Å². The van der Waals surface area contributed by atoms with E-state index in [4.69, 9.17) is 4.42 Å². The van der Waals surface area contributed by atoms with E-state index in [2.05, 4.69) is 34.6 Å². The van der Waals surface area contributed by atoms with E-state index >= 15 is 0 Å². The van der Waals surface area contributed by atoms with E-state index in [0.29, 0.717) is 12.3 Å². The van der Waals surface area contributed by atoms with Gasteiger partial charge in [-0.05, 0) is 50.1 Å². The molecule has 0 spiro atoms. The van der Waals surface area contributed by atoms with E-state index in [1.165, 1.54) is 17.9 Å². The highest BCUT2D eigenvalue weighted by molar-refractivity contribution is 5.94. The Balaban J connectivity index is 1.43. The molecular weight excluding hydrogens is 354 g/mol. The van der Waals surface area contributed by atoms with Gasteiger partial charge in [-0.2, -0.15) is 0 Å². The van der Waals surface area contributed by atoms with Crippen molar-refractivity contribution in [1.82, 2.24) is 15.5 Å². The average Bonchev–Trinajstić information content (AvgIpc) is 3.35. The lowest BCUT2D eigenvalue weighted by molar-refractivity contribution is -0.124. The Morgan fingerprint density at radius 1 is 1.18 bits per heavy atom. The average molecular weight is 381 g/mol. The number of benzene rings is 1. The Morgan fingerprint density at radius 2 is 2.00 bits per heavy atom. The third kappa shape index (κ3) is 5.57. The van der Waals surface area contributed by atoms with Gasteiger partial charge in [-0.1, -0.05) is 30.3 Å². The summed E-state index contributed by atoms with van der Waals surface area (Å²) in [6, 6.07) is 13.9. The molecule has 1 fully saturated rings. The van der Waals surface area contributed by atoms with Crippen molar-refractivity contribution in [2.45, 2.75) is 31.8 Å². The fraction of sp³-hybridized carbons (Fsp3) is 0.364. The van der Waals surface area contributed by atoms with Crippen LogP contribution < -0.4 is 10.6 Å². The molecule has 2 heterocycles. The van der Waals surface area contributed by atoms with Gasteiger partial charge in [0.2, 0.25) is 11.8 Å². The van der Waals surface area contributed by atoms with Crippen LogP contribution in [-0.4, -0.2) is 41.9 Å². The fourth-order valence-corrected chi connectivity index (χ4v) is 3.47. The quantitative estimate of drug-likeness (QED) is 0.689. The Bertz CT molecular complexity index is 802. The van der Waals surface area contributed by atoms with E-state index in [1.54, 1.807) is 18.2 Å². The summed E-state index contributed by atoms with van der Waals surface area (Å²) in [6.45, 7) is 4.61. The van der Waals surface area contributed by atoms with Crippen molar-refractivity contribution in [2.75, 3.05) is 19.6 Å². The van der Waals surface area contributed by atoms with Gasteiger partial charge in [0, 0.05) is 24.7 Å². The number of rotatable bonds is 8. The third-order valence-corrected chi connectivity index (χ3v) is 5.15. The van der Waals surface area contributed by atoms with Crippen molar-refractivity contribution in [3.8, 4) is 0 Å². The normalized spacial score (nSPS) is 19.8. The van der Waals surface area contributed by atoms with Gasteiger partial charge < -0.3 is 15.1 Å². The first-order chi connectivity index (χ1) is 13.5. The lowest BCUT2D eigenvalue weighted by Gasteiger charge is -2.35. The van der Waals surface area contributed by atoms with E-state index in [9.17, 15) is 9.59 Å². The summed E-state index contributed by atoms with van der Waals surface area (Å²) >= 11 is 0. The summed E-state index contributed by atoms with van der Waals surface area (Å²) in [4.78, 5) is 26.4. The highest BCUT2D eigenvalue weighted by Crippen LogP contribution is 2.29. The number of carbonyl (C=O) groups excluding carboxylic acids is 2. The molecule has 1 aliphatic heterocycles. The van der Waals surface area contributed by atoms with Crippen LogP contribution in [0.25, 0.3) is 6.08 Å². The minimum absolute atomic E-state index is 0.0455. The van der Waals surface area contributed by atoms with Crippen molar-refractivity contribution in [3.63, 3.8) is 0 Å². The van der Waals surface area contributed by atoms with Gasteiger partial charge in [0.25, 0.3) is 0 Å². The van der Waals surface area contributed by atoms with Crippen LogP contribution in [0.15, 0.2) is 59.2 Å². The molecule has 1 atom stereocenters. The first-order valence-electron chi connectivity index (χ1n) is 9.60. The van der Waals surface area contributed by atoms with Gasteiger partial charge in [0.1, 0.15) is 5.76 Å². The van der Waals surface area contributed by atoms with E-state index in [0.717, 1.165) is 25.9 Å². The number of carbonyl (C=O) groups is 2. The van der Waals surface area contributed by atoms with Crippen molar-refractivity contribution in [3.05, 3.63) is 66.1 Å². The van der Waals surface area contributed by atoms with E-state index < -0.39 is 0 Å². The Kier molecular flexibility index (Phi) is 6.66. The maximum absolute atomic E-state index is 12.2. The van der Waals surface area contributed by atoms with Crippen molar-refractivity contribution in [2.24, 2.45) is 0 Å². The Morgan fingerprint density at radius 3 is 2.75 bits per heavy atom. The summed E-state index contributed by atoms with van der Waals surface area (Å²) < 4.78 is 5.12. The van der Waals surface area contributed by atoms with Crippen molar-refractivity contribution < 1.29 is 14.0 Å². The molecule has 6 heteroatoms. The van der Waals surface area contributed by atoms with Crippen molar-refractivity contribution >= 4 is 17.9 Å². The van der Waals surface area contributed by atoms with Gasteiger partial charge in [-0.3, -0.25) is 14.5 Å². The highest BCUT2D eigenvalue weighted by atomic mass is 16.3. The lowest BCUT2D eigenvalue weighted by Crippen LogP contribution is -2.51. The topological polar surface area (TPSA) is 74.6 Å². The first kappa shape index (κ1) is 19.9. The summed E-state index contributed by atoms with van der Waals surface area (Å²) in [7, 11) is 0. The molecule has 0 radical (unpaired) electrons. The molecule has 3 rings (SSSR count). The molecule has 0 aliphatic carbocycles. The highest BCUT2D eigenvalue weighted by Gasteiger charge is 2.36. The zero-order valence-corrected chi connectivity index (χ0v) is 16.2. The number of likely N-dealkylation sites (tertiary alicyclic amines) is 1. The summed E-state index contributed by atoms with van der Waals surface area (Å²) in [5.41, 5.74) is 1.20. The second-order valence-electron chi connectivity index (χ2n) is 7.35. The maximum Gasteiger partial charge on any atom is 0.244 e. The van der Waals surface area contributed by atoms with E-state index in [1.807, 2.05) is 18.2 Å². The molecule has 1 aromatic heterocycles. The van der Waals surface area contributed by atoms with Gasteiger partial charge >= 0.3 is 0 Å². The molecule has 0 bridgehead atoms. The number of nitrogens with zero attached hydrogens (tertiary/aromatic N) is 1. The molecule has 1 aliphatic rings. The summed E-state index contributed by atoms with van der Waals surface area (Å²) in [6.07, 6.45) is 6.61. The van der Waals surface area contributed by atoms with Crippen LogP contribution in [0.1, 0.15) is 31.1 Å². The molecular formula is C22H27N3O3. The molecule has 2 amide bonds. The zero-order valence-electron chi connectivity index (χ0n) is 16.2. The largest absolute Gasteiger partial charge is 0.465 e. The molecule has 0 saturated carbocycles.